The molecule has 0 atom stereocenters. The Kier molecular flexibility index (Phi) is 4.77. The molecular formula is C16H17NO4. The van der Waals surface area contributed by atoms with Crippen molar-refractivity contribution in [1.82, 2.24) is 4.98 Å². The first kappa shape index (κ1) is 14.8. The summed E-state index contributed by atoms with van der Waals surface area (Å²) in [5.74, 6) is 0.387. The maximum absolute atomic E-state index is 11.4. The predicted molar refractivity (Wildman–Crippen MR) is 80.6 cm³/mol. The van der Waals surface area contributed by atoms with Crippen molar-refractivity contribution in [2.24, 2.45) is 0 Å². The number of aryl methyl sites for hydroxylation is 1. The van der Waals surface area contributed by atoms with E-state index in [-0.39, 0.29) is 18.1 Å². The molecule has 0 aliphatic carbocycles. The number of nitrogens with one attached hydrogen (secondary N) is 1. The van der Waals surface area contributed by atoms with Gasteiger partial charge in [-0.15, -0.1) is 0 Å². The molecule has 0 amide bonds. The Morgan fingerprint density at radius 1 is 1.19 bits per heavy atom. The van der Waals surface area contributed by atoms with Crippen LogP contribution in [0.5, 0.6) is 5.75 Å². The summed E-state index contributed by atoms with van der Waals surface area (Å²) < 4.78 is 10.4. The van der Waals surface area contributed by atoms with Gasteiger partial charge < -0.3 is 14.5 Å². The van der Waals surface area contributed by atoms with Gasteiger partial charge >= 0.3 is 5.97 Å². The fourth-order valence-electron chi connectivity index (χ4n) is 1.93. The molecule has 5 heteroatoms. The van der Waals surface area contributed by atoms with Crippen molar-refractivity contribution in [3.8, 4) is 5.75 Å². The van der Waals surface area contributed by atoms with Crippen LogP contribution in [0, 0.1) is 6.92 Å². The van der Waals surface area contributed by atoms with Crippen molar-refractivity contribution < 1.29 is 14.3 Å². The number of carbonyl (C=O) groups is 1. The number of benzene rings is 1. The van der Waals surface area contributed by atoms with Crippen LogP contribution in [-0.4, -0.2) is 24.2 Å². The Balaban J connectivity index is 2.07. The molecule has 1 N–H and O–H groups in total. The van der Waals surface area contributed by atoms with Gasteiger partial charge in [-0.25, -0.2) is 0 Å². The number of carbonyl (C=O) groups excluding carboxylic acids is 1. The molecule has 110 valence electrons. The van der Waals surface area contributed by atoms with Crippen LogP contribution in [0.15, 0.2) is 41.2 Å². The van der Waals surface area contributed by atoms with Crippen LogP contribution in [0.4, 0.5) is 0 Å². The first-order valence-corrected chi connectivity index (χ1v) is 6.62. The predicted octanol–water partition coefficient (Wildman–Crippen LogP) is 2.33. The SMILES string of the molecule is CC(=O)OCC=CCOc1ccc(C)c2[nH]c(=O)ccc12. The molecule has 0 bridgehead atoms. The van der Waals surface area contributed by atoms with E-state index in [9.17, 15) is 9.59 Å². The molecule has 1 heterocycles. The maximum Gasteiger partial charge on any atom is 0.302 e. The standard InChI is InChI=1S/C16H17NO4/c1-11-5-7-14(13-6-8-15(19)17-16(11)13)21-10-4-3-9-20-12(2)18/h3-8H,9-10H2,1-2H3,(H,17,19). The van der Waals surface area contributed by atoms with Crippen LogP contribution < -0.4 is 10.3 Å². The number of fused-ring (bicyclic) bond motifs is 1. The summed E-state index contributed by atoms with van der Waals surface area (Å²) in [6.07, 6.45) is 3.50. The summed E-state index contributed by atoms with van der Waals surface area (Å²) >= 11 is 0. The van der Waals surface area contributed by atoms with Crippen molar-refractivity contribution in [3.63, 3.8) is 0 Å². The van der Waals surface area contributed by atoms with Crippen LogP contribution in [0.2, 0.25) is 0 Å². The quantitative estimate of drug-likeness (QED) is 0.677. The lowest BCUT2D eigenvalue weighted by atomic mass is 10.1. The number of pyridine rings is 1. The van der Waals surface area contributed by atoms with E-state index in [1.807, 2.05) is 19.1 Å². The van der Waals surface area contributed by atoms with Gasteiger partial charge in [0.2, 0.25) is 5.56 Å². The molecule has 2 aromatic rings. The monoisotopic (exact) mass is 287 g/mol. The van der Waals surface area contributed by atoms with E-state index in [0.717, 1.165) is 16.5 Å². The zero-order valence-corrected chi connectivity index (χ0v) is 12.0. The summed E-state index contributed by atoms with van der Waals surface area (Å²) in [5, 5.41) is 0.864. The summed E-state index contributed by atoms with van der Waals surface area (Å²) in [4.78, 5) is 24.8. The molecule has 0 saturated heterocycles. The van der Waals surface area contributed by atoms with Crippen molar-refractivity contribution in [2.75, 3.05) is 13.2 Å². The molecule has 21 heavy (non-hydrogen) atoms. The summed E-state index contributed by atoms with van der Waals surface area (Å²) in [5.41, 5.74) is 1.63. The minimum absolute atomic E-state index is 0.135. The average Bonchev–Trinajstić information content (AvgIpc) is 2.45. The van der Waals surface area contributed by atoms with Gasteiger partial charge in [-0.3, -0.25) is 9.59 Å². The van der Waals surface area contributed by atoms with E-state index in [2.05, 4.69) is 4.98 Å². The minimum atomic E-state index is -0.311. The van der Waals surface area contributed by atoms with Gasteiger partial charge in [-0.2, -0.15) is 0 Å². The molecule has 0 aliphatic heterocycles. The first-order chi connectivity index (χ1) is 10.1. The lowest BCUT2D eigenvalue weighted by Crippen LogP contribution is -2.04. The van der Waals surface area contributed by atoms with Crippen molar-refractivity contribution in [2.45, 2.75) is 13.8 Å². The number of hydrogen-bond acceptors (Lipinski definition) is 4. The molecule has 1 aromatic carbocycles. The molecule has 0 radical (unpaired) electrons. The fourth-order valence-corrected chi connectivity index (χ4v) is 1.93. The smallest absolute Gasteiger partial charge is 0.302 e. The van der Waals surface area contributed by atoms with Gasteiger partial charge in [-0.05, 0) is 36.8 Å². The number of rotatable bonds is 5. The summed E-state index contributed by atoms with van der Waals surface area (Å²) in [6, 6.07) is 7.00. The van der Waals surface area contributed by atoms with Crippen LogP contribution in [0.25, 0.3) is 10.9 Å². The number of aromatic amines is 1. The number of hydrogen-bond donors (Lipinski definition) is 1. The summed E-state index contributed by atoms with van der Waals surface area (Å²) in [6.45, 7) is 3.89. The third-order valence-corrected chi connectivity index (χ3v) is 2.95. The molecule has 0 aliphatic rings. The van der Waals surface area contributed by atoms with Gasteiger partial charge in [0, 0.05) is 18.4 Å². The van der Waals surface area contributed by atoms with Crippen LogP contribution in [0.3, 0.4) is 0 Å². The number of ether oxygens (including phenoxy) is 2. The Morgan fingerprint density at radius 3 is 2.71 bits per heavy atom. The van der Waals surface area contributed by atoms with Gasteiger partial charge in [0.15, 0.2) is 0 Å². The highest BCUT2D eigenvalue weighted by molar-refractivity contribution is 5.87. The van der Waals surface area contributed by atoms with E-state index < -0.39 is 0 Å². The third-order valence-electron chi connectivity index (χ3n) is 2.95. The van der Waals surface area contributed by atoms with Crippen LogP contribution in [-0.2, 0) is 9.53 Å². The fraction of sp³-hybridized carbons (Fsp3) is 0.250. The normalized spacial score (nSPS) is 11.0. The second-order valence-electron chi connectivity index (χ2n) is 4.58. The molecule has 0 saturated carbocycles. The molecule has 1 aromatic heterocycles. The number of esters is 1. The number of aromatic nitrogens is 1. The highest BCUT2D eigenvalue weighted by atomic mass is 16.5. The lowest BCUT2D eigenvalue weighted by molar-refractivity contribution is -0.139. The molecule has 0 unspecified atom stereocenters. The van der Waals surface area contributed by atoms with E-state index in [0.29, 0.717) is 12.4 Å². The Bertz CT molecular complexity index is 731. The van der Waals surface area contributed by atoms with Gasteiger partial charge in [0.1, 0.15) is 19.0 Å². The first-order valence-electron chi connectivity index (χ1n) is 6.62. The largest absolute Gasteiger partial charge is 0.489 e. The highest BCUT2D eigenvalue weighted by Crippen LogP contribution is 2.25. The van der Waals surface area contributed by atoms with E-state index in [1.165, 1.54) is 13.0 Å². The van der Waals surface area contributed by atoms with E-state index in [1.54, 1.807) is 18.2 Å². The van der Waals surface area contributed by atoms with Crippen molar-refractivity contribution in [3.05, 3.63) is 52.3 Å². The maximum atomic E-state index is 11.4. The topological polar surface area (TPSA) is 68.4 Å². The van der Waals surface area contributed by atoms with Crippen molar-refractivity contribution >= 4 is 16.9 Å². The Labute approximate surface area is 122 Å². The molecule has 0 fully saturated rings. The second-order valence-corrected chi connectivity index (χ2v) is 4.58. The van der Waals surface area contributed by atoms with Crippen LogP contribution >= 0.6 is 0 Å². The van der Waals surface area contributed by atoms with Gasteiger partial charge in [0.05, 0.1) is 5.52 Å². The zero-order valence-electron chi connectivity index (χ0n) is 12.0. The molecule has 2 rings (SSSR count). The van der Waals surface area contributed by atoms with Gasteiger partial charge in [-0.1, -0.05) is 6.07 Å². The van der Waals surface area contributed by atoms with Crippen molar-refractivity contribution in [1.29, 1.82) is 0 Å². The van der Waals surface area contributed by atoms with Gasteiger partial charge in [0.25, 0.3) is 0 Å². The second kappa shape index (κ2) is 6.74. The molecular weight excluding hydrogens is 270 g/mol. The molecule has 0 spiro atoms. The average molecular weight is 287 g/mol. The highest BCUT2D eigenvalue weighted by Gasteiger charge is 2.04. The Morgan fingerprint density at radius 2 is 1.95 bits per heavy atom. The number of H-pyrrole nitrogens is 1. The zero-order chi connectivity index (χ0) is 15.2. The van der Waals surface area contributed by atoms with E-state index in [4.69, 9.17) is 9.47 Å². The third kappa shape index (κ3) is 3.95. The van der Waals surface area contributed by atoms with Crippen LogP contribution in [0.1, 0.15) is 12.5 Å². The molecule has 5 nitrogen and oxygen atoms in total. The summed E-state index contributed by atoms with van der Waals surface area (Å²) in [7, 11) is 0. The van der Waals surface area contributed by atoms with E-state index >= 15 is 0 Å². The lowest BCUT2D eigenvalue weighted by Gasteiger charge is -2.09. The minimum Gasteiger partial charge on any atom is -0.489 e. The Hall–Kier alpha value is -2.56.